The van der Waals surface area contributed by atoms with E-state index in [0.29, 0.717) is 12.1 Å². The summed E-state index contributed by atoms with van der Waals surface area (Å²) in [6.07, 6.45) is 2.34. The Bertz CT molecular complexity index is 588. The van der Waals surface area contributed by atoms with Crippen LogP contribution >= 0.6 is 24.0 Å². The average molecular weight is 505 g/mol. The third-order valence-corrected chi connectivity index (χ3v) is 5.09. The Hall–Kier alpha value is -0.930. The van der Waals surface area contributed by atoms with Gasteiger partial charge in [0.1, 0.15) is 5.82 Å². The van der Waals surface area contributed by atoms with Gasteiger partial charge in [-0.3, -0.25) is 0 Å². The molecule has 0 atom stereocenters. The van der Waals surface area contributed by atoms with Crippen molar-refractivity contribution in [3.63, 3.8) is 0 Å². The molecule has 1 aliphatic heterocycles. The smallest absolute Gasteiger partial charge is 0.191 e. The zero-order chi connectivity index (χ0) is 19.5. The SMILES string of the molecule is CCNC(=NCc1ccc(F)c(C)c1)NCCCCN1CCN(CC)CC1.I. The number of likely N-dealkylation sites (N-methyl/N-ethyl adjacent to an activating group) is 1. The van der Waals surface area contributed by atoms with E-state index in [-0.39, 0.29) is 29.8 Å². The van der Waals surface area contributed by atoms with Gasteiger partial charge in [-0.05, 0) is 57.0 Å². The van der Waals surface area contributed by atoms with Gasteiger partial charge < -0.3 is 20.4 Å². The maximum Gasteiger partial charge on any atom is 0.191 e. The number of aliphatic imine (C=N–C) groups is 1. The van der Waals surface area contributed by atoms with Crippen LogP contribution in [0.25, 0.3) is 0 Å². The molecule has 0 aromatic heterocycles. The number of nitrogens with zero attached hydrogens (tertiary/aromatic N) is 3. The highest BCUT2D eigenvalue weighted by molar-refractivity contribution is 14.0. The molecule has 1 saturated heterocycles. The summed E-state index contributed by atoms with van der Waals surface area (Å²) in [5.74, 6) is 0.667. The van der Waals surface area contributed by atoms with Crippen molar-refractivity contribution in [3.8, 4) is 0 Å². The standard InChI is InChI=1S/C21H36FN5.HI/c1-4-23-21(25-17-19-8-9-20(22)18(3)16-19)24-10-6-7-11-27-14-12-26(5-2)13-15-27;/h8-9,16H,4-7,10-15,17H2,1-3H3,(H2,23,24,25);1H. The van der Waals surface area contributed by atoms with E-state index in [0.717, 1.165) is 31.0 Å². The first-order valence-corrected chi connectivity index (χ1v) is 10.3. The summed E-state index contributed by atoms with van der Waals surface area (Å²) in [6, 6.07) is 5.18. The Balaban J connectivity index is 0.00000392. The largest absolute Gasteiger partial charge is 0.357 e. The molecule has 0 saturated carbocycles. The van der Waals surface area contributed by atoms with Crippen molar-refractivity contribution in [2.24, 2.45) is 4.99 Å². The molecule has 1 aromatic carbocycles. The predicted molar refractivity (Wildman–Crippen MR) is 127 cm³/mol. The van der Waals surface area contributed by atoms with Gasteiger partial charge in [-0.15, -0.1) is 24.0 Å². The van der Waals surface area contributed by atoms with Crippen molar-refractivity contribution in [2.75, 3.05) is 52.4 Å². The molecule has 0 aliphatic carbocycles. The Labute approximate surface area is 187 Å². The van der Waals surface area contributed by atoms with Crippen LogP contribution in [0.4, 0.5) is 4.39 Å². The van der Waals surface area contributed by atoms with Crippen molar-refractivity contribution >= 4 is 29.9 Å². The third-order valence-electron chi connectivity index (χ3n) is 5.09. The van der Waals surface area contributed by atoms with Crippen molar-refractivity contribution in [3.05, 3.63) is 35.1 Å². The molecule has 5 nitrogen and oxygen atoms in total. The number of piperazine rings is 1. The Morgan fingerprint density at radius 1 is 1.07 bits per heavy atom. The highest BCUT2D eigenvalue weighted by atomic mass is 127. The van der Waals surface area contributed by atoms with Crippen LogP contribution in [0.15, 0.2) is 23.2 Å². The second-order valence-electron chi connectivity index (χ2n) is 7.19. The summed E-state index contributed by atoms with van der Waals surface area (Å²) in [5, 5.41) is 6.69. The van der Waals surface area contributed by atoms with Gasteiger partial charge in [0.15, 0.2) is 5.96 Å². The number of rotatable bonds is 9. The van der Waals surface area contributed by atoms with Crippen LogP contribution in [0.2, 0.25) is 0 Å². The summed E-state index contributed by atoms with van der Waals surface area (Å²) in [5.41, 5.74) is 1.69. The fourth-order valence-corrected chi connectivity index (χ4v) is 3.31. The monoisotopic (exact) mass is 505 g/mol. The normalized spacial score (nSPS) is 15.9. The van der Waals surface area contributed by atoms with E-state index in [2.05, 4.69) is 39.3 Å². The lowest BCUT2D eigenvalue weighted by molar-refractivity contribution is 0.136. The Kier molecular flexibility index (Phi) is 12.7. The summed E-state index contributed by atoms with van der Waals surface area (Å²) < 4.78 is 13.4. The fraction of sp³-hybridized carbons (Fsp3) is 0.667. The first-order valence-electron chi connectivity index (χ1n) is 10.3. The van der Waals surface area contributed by atoms with Crippen molar-refractivity contribution in [2.45, 2.75) is 40.2 Å². The van der Waals surface area contributed by atoms with Crippen molar-refractivity contribution in [1.82, 2.24) is 20.4 Å². The van der Waals surface area contributed by atoms with Crippen LogP contribution in [0.1, 0.15) is 37.8 Å². The number of benzene rings is 1. The number of unbranched alkanes of at least 4 members (excludes halogenated alkanes) is 1. The van der Waals surface area contributed by atoms with Gasteiger partial charge in [-0.25, -0.2) is 9.38 Å². The second kappa shape index (κ2) is 14.1. The molecule has 0 bridgehead atoms. The molecular weight excluding hydrogens is 468 g/mol. The van der Waals surface area contributed by atoms with Gasteiger partial charge in [0, 0.05) is 39.3 Å². The predicted octanol–water partition coefficient (Wildman–Crippen LogP) is 3.22. The number of hydrogen-bond acceptors (Lipinski definition) is 3. The van der Waals surface area contributed by atoms with Gasteiger partial charge in [0.25, 0.3) is 0 Å². The molecule has 7 heteroatoms. The topological polar surface area (TPSA) is 42.9 Å². The molecule has 0 unspecified atom stereocenters. The van der Waals surface area contributed by atoms with E-state index in [1.54, 1.807) is 13.0 Å². The summed E-state index contributed by atoms with van der Waals surface area (Å²) in [6.45, 7) is 15.5. The molecule has 1 aromatic rings. The van der Waals surface area contributed by atoms with Crippen molar-refractivity contribution in [1.29, 1.82) is 0 Å². The summed E-state index contributed by atoms with van der Waals surface area (Å²) in [7, 11) is 0. The van der Waals surface area contributed by atoms with Crippen LogP contribution in [-0.2, 0) is 6.54 Å². The van der Waals surface area contributed by atoms with E-state index >= 15 is 0 Å². The van der Waals surface area contributed by atoms with Crippen molar-refractivity contribution < 1.29 is 4.39 Å². The first kappa shape index (κ1) is 25.1. The van der Waals surface area contributed by atoms with Gasteiger partial charge in [0.05, 0.1) is 6.54 Å². The molecule has 0 amide bonds. The van der Waals surface area contributed by atoms with E-state index in [9.17, 15) is 4.39 Å². The highest BCUT2D eigenvalue weighted by Gasteiger charge is 2.14. The van der Waals surface area contributed by atoms with Gasteiger partial charge >= 0.3 is 0 Å². The first-order chi connectivity index (χ1) is 13.1. The number of hydrogen-bond donors (Lipinski definition) is 2. The van der Waals surface area contributed by atoms with Crippen LogP contribution in [0.3, 0.4) is 0 Å². The van der Waals surface area contributed by atoms with Crippen LogP contribution < -0.4 is 10.6 Å². The zero-order valence-corrected chi connectivity index (χ0v) is 20.0. The van der Waals surface area contributed by atoms with E-state index in [4.69, 9.17) is 0 Å². The van der Waals surface area contributed by atoms with Crippen LogP contribution in [0, 0.1) is 12.7 Å². The van der Waals surface area contributed by atoms with Gasteiger partial charge in [-0.1, -0.05) is 19.1 Å². The van der Waals surface area contributed by atoms with Gasteiger partial charge in [0.2, 0.25) is 0 Å². The molecule has 160 valence electrons. The Morgan fingerprint density at radius 3 is 2.43 bits per heavy atom. The number of guanidine groups is 1. The molecule has 0 spiro atoms. The quantitative estimate of drug-likeness (QED) is 0.234. The molecule has 1 heterocycles. The lowest BCUT2D eigenvalue weighted by atomic mass is 10.1. The summed E-state index contributed by atoms with van der Waals surface area (Å²) in [4.78, 5) is 9.70. The summed E-state index contributed by atoms with van der Waals surface area (Å²) >= 11 is 0. The molecular formula is C21H37FIN5. The lowest BCUT2D eigenvalue weighted by Gasteiger charge is -2.34. The third kappa shape index (κ3) is 9.05. The number of halogens is 2. The highest BCUT2D eigenvalue weighted by Crippen LogP contribution is 2.10. The Morgan fingerprint density at radius 2 is 1.79 bits per heavy atom. The van der Waals surface area contributed by atoms with E-state index in [1.807, 2.05) is 6.07 Å². The maximum absolute atomic E-state index is 13.4. The van der Waals surface area contributed by atoms with E-state index < -0.39 is 0 Å². The molecule has 2 rings (SSSR count). The molecule has 1 aliphatic rings. The fourth-order valence-electron chi connectivity index (χ4n) is 3.31. The van der Waals surface area contributed by atoms with Crippen LogP contribution in [-0.4, -0.2) is 68.1 Å². The molecule has 2 N–H and O–H groups in total. The lowest BCUT2D eigenvalue weighted by Crippen LogP contribution is -2.46. The minimum atomic E-state index is -0.163. The molecule has 28 heavy (non-hydrogen) atoms. The number of aryl methyl sites for hydroxylation is 1. The molecule has 0 radical (unpaired) electrons. The zero-order valence-electron chi connectivity index (χ0n) is 17.6. The average Bonchev–Trinajstić information content (AvgIpc) is 2.68. The molecule has 1 fully saturated rings. The minimum Gasteiger partial charge on any atom is -0.357 e. The second-order valence-corrected chi connectivity index (χ2v) is 7.19. The van der Waals surface area contributed by atoms with Gasteiger partial charge in [-0.2, -0.15) is 0 Å². The maximum atomic E-state index is 13.4. The van der Waals surface area contributed by atoms with E-state index in [1.165, 1.54) is 51.8 Å². The van der Waals surface area contributed by atoms with Crippen LogP contribution in [0.5, 0.6) is 0 Å². The number of nitrogens with one attached hydrogen (secondary N) is 2. The minimum absolute atomic E-state index is 0.